The minimum Gasteiger partial charge on any atom is -0.462 e. The maximum absolute atomic E-state index is 11.9. The highest BCUT2D eigenvalue weighted by Gasteiger charge is 2.71. The molecule has 3 nitrogen and oxygen atoms in total. The zero-order chi connectivity index (χ0) is 25.6. The van der Waals surface area contributed by atoms with Gasteiger partial charge in [0.1, 0.15) is 6.10 Å². The zero-order valence-electron chi connectivity index (χ0n) is 23.7. The Morgan fingerprint density at radius 3 is 2.20 bits per heavy atom. The summed E-state index contributed by atoms with van der Waals surface area (Å²) >= 11 is 0. The van der Waals surface area contributed by atoms with Crippen molar-refractivity contribution in [2.24, 2.45) is 56.7 Å². The van der Waals surface area contributed by atoms with Crippen LogP contribution in [-0.4, -0.2) is 23.8 Å². The molecule has 5 fully saturated rings. The Kier molecular flexibility index (Phi) is 5.96. The van der Waals surface area contributed by atoms with Gasteiger partial charge in [0.25, 0.3) is 0 Å². The molecule has 3 heteroatoms. The first-order valence-electron chi connectivity index (χ1n) is 14.7. The number of esters is 1. The van der Waals surface area contributed by atoms with Crippen LogP contribution in [0.4, 0.5) is 0 Å². The first-order valence-corrected chi connectivity index (χ1v) is 14.7. The van der Waals surface area contributed by atoms with Crippen LogP contribution >= 0.6 is 0 Å². The molecule has 0 heterocycles. The summed E-state index contributed by atoms with van der Waals surface area (Å²) in [6, 6.07) is 0. The molecular formula is C32H52O3. The third-order valence-electron chi connectivity index (χ3n) is 13.8. The molecule has 0 saturated heterocycles. The van der Waals surface area contributed by atoms with Gasteiger partial charge in [-0.3, -0.25) is 4.79 Å². The van der Waals surface area contributed by atoms with Crippen LogP contribution in [0.2, 0.25) is 0 Å². The third kappa shape index (κ3) is 3.28. The lowest BCUT2D eigenvalue weighted by atomic mass is 9.32. The first kappa shape index (κ1) is 25.8. The second kappa shape index (κ2) is 8.08. The quantitative estimate of drug-likeness (QED) is 0.332. The summed E-state index contributed by atoms with van der Waals surface area (Å²) in [5, 5.41) is 10.7. The molecule has 0 unspecified atom stereocenters. The van der Waals surface area contributed by atoms with E-state index in [9.17, 15) is 9.90 Å². The van der Waals surface area contributed by atoms with Gasteiger partial charge < -0.3 is 9.84 Å². The number of carbonyl (C=O) groups is 1. The number of aliphatic hydroxyl groups is 1. The first-order chi connectivity index (χ1) is 16.3. The summed E-state index contributed by atoms with van der Waals surface area (Å²) in [5.74, 6) is 3.07. The van der Waals surface area contributed by atoms with Crippen LogP contribution in [0, 0.1) is 56.7 Å². The molecule has 198 valence electrons. The molecule has 5 aliphatic carbocycles. The Morgan fingerprint density at radius 1 is 0.857 bits per heavy atom. The Balaban J connectivity index is 1.51. The molecule has 5 aliphatic rings. The number of ether oxygens (including phenoxy) is 1. The molecule has 1 N–H and O–H groups in total. The van der Waals surface area contributed by atoms with E-state index in [-0.39, 0.29) is 22.9 Å². The van der Waals surface area contributed by atoms with Crippen molar-refractivity contribution in [2.75, 3.05) is 6.61 Å². The maximum Gasteiger partial charge on any atom is 0.302 e. The van der Waals surface area contributed by atoms with Gasteiger partial charge in [-0.1, -0.05) is 46.8 Å². The lowest BCUT2D eigenvalue weighted by Crippen LogP contribution is -2.67. The molecule has 0 amide bonds. The second-order valence-electron chi connectivity index (χ2n) is 15.2. The smallest absolute Gasteiger partial charge is 0.302 e. The number of hydrogen-bond donors (Lipinski definition) is 1. The van der Waals surface area contributed by atoms with E-state index in [2.05, 4.69) is 48.1 Å². The zero-order valence-corrected chi connectivity index (χ0v) is 23.7. The second-order valence-corrected chi connectivity index (χ2v) is 15.2. The third-order valence-corrected chi connectivity index (χ3v) is 13.8. The van der Waals surface area contributed by atoms with Crippen LogP contribution in [0.25, 0.3) is 0 Å². The Labute approximate surface area is 214 Å². The van der Waals surface area contributed by atoms with Gasteiger partial charge in [-0.15, -0.1) is 0 Å². The highest BCUT2D eigenvalue weighted by molar-refractivity contribution is 5.66. The number of hydrogen-bond acceptors (Lipinski definition) is 3. The van der Waals surface area contributed by atoms with Crippen LogP contribution in [0.1, 0.15) is 113 Å². The van der Waals surface area contributed by atoms with Crippen molar-refractivity contribution >= 4 is 5.97 Å². The predicted octanol–water partition coefficient (Wildman–Crippen LogP) is 7.57. The number of rotatable bonds is 3. The molecule has 0 bridgehead atoms. The highest BCUT2D eigenvalue weighted by atomic mass is 16.5. The number of carbonyl (C=O) groups excluding carboxylic acids is 1. The van der Waals surface area contributed by atoms with Gasteiger partial charge in [-0.2, -0.15) is 0 Å². The molecule has 0 radical (unpaired) electrons. The van der Waals surface area contributed by atoms with Gasteiger partial charge in [0.15, 0.2) is 0 Å². The van der Waals surface area contributed by atoms with Crippen molar-refractivity contribution in [3.63, 3.8) is 0 Å². The highest BCUT2D eigenvalue weighted by Crippen LogP contribution is 2.77. The van der Waals surface area contributed by atoms with Crippen LogP contribution in [0.3, 0.4) is 0 Å². The number of aliphatic hydroxyl groups excluding tert-OH is 1. The molecule has 10 atom stereocenters. The molecule has 0 spiro atoms. The van der Waals surface area contributed by atoms with E-state index >= 15 is 0 Å². The predicted molar refractivity (Wildman–Crippen MR) is 142 cm³/mol. The summed E-state index contributed by atoms with van der Waals surface area (Å²) in [5.41, 5.74) is 2.45. The van der Waals surface area contributed by atoms with Gasteiger partial charge in [0, 0.05) is 18.9 Å². The van der Waals surface area contributed by atoms with Gasteiger partial charge >= 0.3 is 5.97 Å². The maximum atomic E-state index is 11.9. The van der Waals surface area contributed by atoms with Gasteiger partial charge in [-0.05, 0) is 122 Å². The lowest BCUT2D eigenvalue weighted by Gasteiger charge is -2.73. The van der Waals surface area contributed by atoms with Gasteiger partial charge in [0.2, 0.25) is 0 Å². The van der Waals surface area contributed by atoms with E-state index in [4.69, 9.17) is 4.74 Å². The topological polar surface area (TPSA) is 46.5 Å². The summed E-state index contributed by atoms with van der Waals surface area (Å²) < 4.78 is 5.90. The van der Waals surface area contributed by atoms with E-state index in [0.717, 1.165) is 12.3 Å². The molecule has 0 aromatic rings. The SMILES string of the molecule is C=C(C)[C@H]1CC[C@@]2(CO)CC[C@@]3(C)[C@@H](CC[C@@H]4[C@]5(C)CC[C@H](OC(C)=O)C(C)(C)[C@@H]5CC[C@@]43C)[C@H]12. The standard InChI is InChI=1S/C32H52O3/c1-20(2)22-11-16-32(19-33)18-17-30(7)23(27(22)32)9-10-25-29(6)14-13-26(35-21(3)34)28(4,5)24(29)12-15-31(25,30)8/h22-27,33H,1,9-19H2,2-8H3/t22-,23+,24+,25-,26+,27+,29-,30+,31+,32+/m1/s1. The van der Waals surface area contributed by atoms with Crippen molar-refractivity contribution in [1.29, 1.82) is 0 Å². The van der Waals surface area contributed by atoms with Gasteiger partial charge in [-0.25, -0.2) is 0 Å². The van der Waals surface area contributed by atoms with Crippen molar-refractivity contribution in [3.8, 4) is 0 Å². The monoisotopic (exact) mass is 484 g/mol. The molecule has 35 heavy (non-hydrogen) atoms. The van der Waals surface area contributed by atoms with E-state index in [0.29, 0.717) is 46.5 Å². The van der Waals surface area contributed by atoms with Crippen molar-refractivity contribution in [1.82, 2.24) is 0 Å². The largest absolute Gasteiger partial charge is 0.462 e. The summed E-state index contributed by atoms with van der Waals surface area (Å²) in [6.45, 7) is 21.3. The van der Waals surface area contributed by atoms with Gasteiger partial charge in [0.05, 0.1) is 0 Å². The molecule has 5 saturated carbocycles. The fourth-order valence-corrected chi connectivity index (χ4v) is 11.9. The van der Waals surface area contributed by atoms with Crippen LogP contribution in [-0.2, 0) is 9.53 Å². The Morgan fingerprint density at radius 2 is 1.57 bits per heavy atom. The minimum absolute atomic E-state index is 0.0207. The van der Waals surface area contributed by atoms with E-state index in [1.54, 1.807) is 6.92 Å². The van der Waals surface area contributed by atoms with Crippen LogP contribution in [0.15, 0.2) is 12.2 Å². The average Bonchev–Trinajstić information content (AvgIpc) is 3.16. The van der Waals surface area contributed by atoms with Crippen LogP contribution < -0.4 is 0 Å². The summed E-state index contributed by atoms with van der Waals surface area (Å²) in [7, 11) is 0. The fourth-order valence-electron chi connectivity index (χ4n) is 11.9. The van der Waals surface area contributed by atoms with Crippen molar-refractivity contribution in [2.45, 2.75) is 119 Å². The number of fused-ring (bicyclic) bond motifs is 7. The van der Waals surface area contributed by atoms with Crippen molar-refractivity contribution < 1.29 is 14.6 Å². The molecule has 5 rings (SSSR count). The summed E-state index contributed by atoms with van der Waals surface area (Å²) in [4.78, 5) is 11.9. The Bertz CT molecular complexity index is 891. The molecule has 0 aromatic heterocycles. The number of allylic oxidation sites excluding steroid dienone is 1. The molecule has 0 aliphatic heterocycles. The van der Waals surface area contributed by atoms with Crippen LogP contribution in [0.5, 0.6) is 0 Å². The fraction of sp³-hybridized carbons (Fsp3) is 0.906. The minimum atomic E-state index is -0.126. The lowest BCUT2D eigenvalue weighted by molar-refractivity contribution is -0.251. The molecule has 0 aromatic carbocycles. The van der Waals surface area contributed by atoms with E-state index in [1.165, 1.54) is 63.4 Å². The average molecular weight is 485 g/mol. The van der Waals surface area contributed by atoms with E-state index in [1.807, 2.05) is 0 Å². The van der Waals surface area contributed by atoms with E-state index < -0.39 is 0 Å². The molecular weight excluding hydrogens is 432 g/mol. The Hall–Kier alpha value is -0.830. The summed E-state index contributed by atoms with van der Waals surface area (Å²) in [6.07, 6.45) is 12.2. The van der Waals surface area contributed by atoms with Crippen molar-refractivity contribution in [3.05, 3.63) is 12.2 Å². The normalized spacial score (nSPS) is 52.5.